The van der Waals surface area contributed by atoms with Gasteiger partial charge in [0, 0.05) is 5.92 Å². The van der Waals surface area contributed by atoms with Crippen molar-refractivity contribution in [1.29, 1.82) is 0 Å². The van der Waals surface area contributed by atoms with Crippen LogP contribution in [0.5, 0.6) is 0 Å². The minimum Gasteiger partial charge on any atom is -0.358 e. The molecule has 1 nitrogen and oxygen atoms in total. The highest BCUT2D eigenvalue weighted by molar-refractivity contribution is 6.17. The Kier molecular flexibility index (Phi) is 2.50. The second-order valence-corrected chi connectivity index (χ2v) is 6.55. The molecule has 0 aliphatic heterocycles. The van der Waals surface area contributed by atoms with Gasteiger partial charge in [-0.05, 0) is 49.0 Å². The van der Waals surface area contributed by atoms with Gasteiger partial charge in [0.05, 0.1) is 5.60 Å². The van der Waals surface area contributed by atoms with E-state index in [1.165, 1.54) is 31.2 Å². The molecule has 0 N–H and O–H groups in total. The van der Waals surface area contributed by atoms with E-state index >= 15 is 0 Å². The molecule has 1 aromatic carbocycles. The van der Waals surface area contributed by atoms with Crippen LogP contribution in [-0.2, 0) is 4.74 Å². The molecule has 4 aliphatic carbocycles. The molecular weight excluding hydrogens is 244 g/mol. The van der Waals surface area contributed by atoms with Gasteiger partial charge in [-0.1, -0.05) is 41.9 Å². The Morgan fingerprint density at radius 2 is 2.00 bits per heavy atom. The highest BCUT2D eigenvalue weighted by atomic mass is 35.5. The Morgan fingerprint density at radius 1 is 1.17 bits per heavy atom. The van der Waals surface area contributed by atoms with Gasteiger partial charge in [0.25, 0.3) is 0 Å². The number of hydrogen-bond donors (Lipinski definition) is 0. The first kappa shape index (κ1) is 11.3. The molecule has 2 heteroatoms. The van der Waals surface area contributed by atoms with Crippen LogP contribution in [0.2, 0.25) is 0 Å². The van der Waals surface area contributed by atoms with E-state index in [9.17, 15) is 0 Å². The SMILES string of the molecule is ClCOC12CC3CC(CC1C3)C2c1ccccc1. The number of hydrogen-bond acceptors (Lipinski definition) is 1. The Hall–Kier alpha value is -0.530. The summed E-state index contributed by atoms with van der Waals surface area (Å²) in [4.78, 5) is 0. The maximum Gasteiger partial charge on any atom is 0.121 e. The van der Waals surface area contributed by atoms with Crippen LogP contribution in [0.25, 0.3) is 0 Å². The number of ether oxygens (including phenoxy) is 1. The maximum atomic E-state index is 6.15. The molecule has 18 heavy (non-hydrogen) atoms. The minimum absolute atomic E-state index is 0.0662. The average Bonchev–Trinajstić information content (AvgIpc) is 2.74. The first-order valence-corrected chi connectivity index (χ1v) is 7.62. The normalized spacial score (nSPS) is 44.7. The maximum absolute atomic E-state index is 6.15. The molecular formula is C16H19ClO. The van der Waals surface area contributed by atoms with Crippen molar-refractivity contribution in [3.63, 3.8) is 0 Å². The molecule has 1 aromatic rings. The van der Waals surface area contributed by atoms with Crippen LogP contribution in [0, 0.1) is 17.8 Å². The van der Waals surface area contributed by atoms with E-state index < -0.39 is 0 Å². The third-order valence-electron chi connectivity index (χ3n) is 5.62. The minimum atomic E-state index is 0.0662. The standard InChI is InChI=1S/C16H19ClO/c17-10-18-16-9-11-6-13(8-14(16)7-11)15(16)12-4-2-1-3-5-12/h1-5,11,13-15H,6-10H2. The molecule has 0 radical (unpaired) electrons. The Labute approximate surface area is 113 Å². The van der Waals surface area contributed by atoms with Crippen LogP contribution < -0.4 is 0 Å². The van der Waals surface area contributed by atoms with Crippen molar-refractivity contribution in [1.82, 2.24) is 0 Å². The van der Waals surface area contributed by atoms with Crippen molar-refractivity contribution in [3.05, 3.63) is 35.9 Å². The van der Waals surface area contributed by atoms with E-state index in [4.69, 9.17) is 16.3 Å². The molecule has 4 bridgehead atoms. The van der Waals surface area contributed by atoms with Crippen molar-refractivity contribution in [2.24, 2.45) is 17.8 Å². The van der Waals surface area contributed by atoms with Crippen molar-refractivity contribution in [3.8, 4) is 0 Å². The molecule has 4 fully saturated rings. The summed E-state index contributed by atoms with van der Waals surface area (Å²) in [7, 11) is 0. The van der Waals surface area contributed by atoms with Gasteiger partial charge >= 0.3 is 0 Å². The summed E-state index contributed by atoms with van der Waals surface area (Å²) in [5.74, 6) is 3.07. The summed E-state index contributed by atoms with van der Waals surface area (Å²) in [5.41, 5.74) is 1.53. The number of benzene rings is 1. The predicted octanol–water partition coefficient (Wildman–Crippen LogP) is 4.17. The lowest BCUT2D eigenvalue weighted by Gasteiger charge is -2.41. The molecule has 0 aromatic heterocycles. The van der Waals surface area contributed by atoms with Crippen LogP contribution in [0.4, 0.5) is 0 Å². The summed E-state index contributed by atoms with van der Waals surface area (Å²) in [6.45, 7) is 0. The van der Waals surface area contributed by atoms with Crippen molar-refractivity contribution >= 4 is 11.6 Å². The van der Waals surface area contributed by atoms with Crippen molar-refractivity contribution in [2.75, 3.05) is 6.07 Å². The van der Waals surface area contributed by atoms with E-state index in [2.05, 4.69) is 30.3 Å². The second kappa shape index (κ2) is 3.98. The van der Waals surface area contributed by atoms with Gasteiger partial charge < -0.3 is 4.74 Å². The van der Waals surface area contributed by atoms with Crippen LogP contribution in [0.15, 0.2) is 30.3 Å². The average molecular weight is 263 g/mol. The smallest absolute Gasteiger partial charge is 0.121 e. The molecule has 4 aliphatic rings. The Bertz CT molecular complexity index is 446. The third-order valence-corrected chi connectivity index (χ3v) is 5.73. The van der Waals surface area contributed by atoms with Crippen LogP contribution >= 0.6 is 11.6 Å². The third kappa shape index (κ3) is 1.38. The van der Waals surface area contributed by atoms with Crippen LogP contribution in [0.3, 0.4) is 0 Å². The molecule has 5 rings (SSSR count). The lowest BCUT2D eigenvalue weighted by Crippen LogP contribution is -2.41. The Morgan fingerprint density at radius 3 is 2.78 bits per heavy atom. The fourth-order valence-electron chi connectivity index (χ4n) is 5.30. The number of rotatable bonds is 3. The summed E-state index contributed by atoms with van der Waals surface area (Å²) in [6, 6.07) is 11.3. The quantitative estimate of drug-likeness (QED) is 0.743. The monoisotopic (exact) mass is 262 g/mol. The molecule has 96 valence electrons. The second-order valence-electron chi connectivity index (χ2n) is 6.33. The van der Waals surface area contributed by atoms with Gasteiger partial charge in [-0.2, -0.15) is 0 Å². The van der Waals surface area contributed by atoms with E-state index in [1.54, 1.807) is 0 Å². The first-order valence-electron chi connectivity index (χ1n) is 7.08. The molecule has 0 spiro atoms. The number of halogens is 1. The zero-order valence-corrected chi connectivity index (χ0v) is 11.3. The van der Waals surface area contributed by atoms with Gasteiger partial charge in [-0.3, -0.25) is 0 Å². The topological polar surface area (TPSA) is 9.23 Å². The van der Waals surface area contributed by atoms with E-state index in [-0.39, 0.29) is 5.60 Å². The summed E-state index contributed by atoms with van der Waals surface area (Å²) in [5, 5.41) is 0. The zero-order valence-electron chi connectivity index (χ0n) is 10.5. The molecule has 5 atom stereocenters. The fraction of sp³-hybridized carbons (Fsp3) is 0.625. The van der Waals surface area contributed by atoms with Gasteiger partial charge in [0.2, 0.25) is 0 Å². The van der Waals surface area contributed by atoms with Gasteiger partial charge in [-0.25, -0.2) is 0 Å². The summed E-state index contributed by atoms with van der Waals surface area (Å²) in [6.07, 6.45) is 5.37. The van der Waals surface area contributed by atoms with Crippen LogP contribution in [0.1, 0.15) is 37.2 Å². The zero-order chi connectivity index (χ0) is 12.2. The van der Waals surface area contributed by atoms with E-state index in [1.807, 2.05) is 0 Å². The van der Waals surface area contributed by atoms with Crippen LogP contribution in [-0.4, -0.2) is 11.7 Å². The molecule has 0 heterocycles. The highest BCUT2D eigenvalue weighted by Crippen LogP contribution is 2.67. The summed E-state index contributed by atoms with van der Waals surface area (Å²) >= 11 is 5.94. The molecule has 0 saturated heterocycles. The molecule has 5 unspecified atom stereocenters. The highest BCUT2D eigenvalue weighted by Gasteiger charge is 2.64. The largest absolute Gasteiger partial charge is 0.358 e. The predicted molar refractivity (Wildman–Crippen MR) is 72.7 cm³/mol. The van der Waals surface area contributed by atoms with Crippen molar-refractivity contribution in [2.45, 2.75) is 37.2 Å². The van der Waals surface area contributed by atoms with Crippen molar-refractivity contribution < 1.29 is 4.74 Å². The molecule has 4 saturated carbocycles. The van der Waals surface area contributed by atoms with E-state index in [0.717, 1.165) is 17.8 Å². The lowest BCUT2D eigenvalue weighted by molar-refractivity contribution is -0.0610. The fourth-order valence-corrected chi connectivity index (χ4v) is 5.51. The summed E-state index contributed by atoms with van der Waals surface area (Å²) < 4.78 is 6.15. The van der Waals surface area contributed by atoms with Gasteiger partial charge in [0.15, 0.2) is 0 Å². The molecule has 0 amide bonds. The Balaban J connectivity index is 1.78. The lowest BCUT2D eigenvalue weighted by atomic mass is 9.70. The van der Waals surface area contributed by atoms with Gasteiger partial charge in [-0.15, -0.1) is 0 Å². The number of alkyl halides is 1. The van der Waals surface area contributed by atoms with Gasteiger partial charge in [0.1, 0.15) is 6.07 Å². The van der Waals surface area contributed by atoms with E-state index in [0.29, 0.717) is 12.0 Å². The first-order chi connectivity index (χ1) is 8.83.